The second kappa shape index (κ2) is 7.22. The van der Waals surface area contributed by atoms with Crippen molar-refractivity contribution in [2.75, 3.05) is 10.0 Å². The molecule has 0 fully saturated rings. The average Bonchev–Trinajstić information content (AvgIpc) is 3.24. The summed E-state index contributed by atoms with van der Waals surface area (Å²) in [6.45, 7) is 0. The van der Waals surface area contributed by atoms with Crippen molar-refractivity contribution in [2.24, 2.45) is 5.92 Å². The van der Waals surface area contributed by atoms with Crippen molar-refractivity contribution < 1.29 is 13.5 Å². The Morgan fingerprint density at radius 2 is 1.73 bits per heavy atom. The summed E-state index contributed by atoms with van der Waals surface area (Å²) in [6, 6.07) is 21.6. The third-order valence-corrected chi connectivity index (χ3v) is 7.30. The van der Waals surface area contributed by atoms with Crippen molar-refractivity contribution in [3.8, 4) is 5.75 Å². The maximum absolute atomic E-state index is 12.9. The molecule has 5 rings (SSSR count). The van der Waals surface area contributed by atoms with Gasteiger partial charge in [-0.15, -0.1) is 0 Å². The highest BCUT2D eigenvalue weighted by molar-refractivity contribution is 7.92. The van der Waals surface area contributed by atoms with Gasteiger partial charge in [-0.2, -0.15) is 0 Å². The van der Waals surface area contributed by atoms with Gasteiger partial charge in [-0.25, -0.2) is 8.42 Å². The van der Waals surface area contributed by atoms with Crippen molar-refractivity contribution >= 4 is 21.4 Å². The largest absolute Gasteiger partial charge is 0.508 e. The number of fused-ring (bicyclic) bond motifs is 3. The van der Waals surface area contributed by atoms with Gasteiger partial charge in [-0.3, -0.25) is 4.72 Å². The highest BCUT2D eigenvalue weighted by Crippen LogP contribution is 2.50. The molecule has 0 aromatic heterocycles. The number of allylic oxidation sites excluding steroid dienone is 2. The number of anilines is 2. The van der Waals surface area contributed by atoms with E-state index in [2.05, 4.69) is 22.2 Å². The minimum atomic E-state index is -3.68. The summed E-state index contributed by atoms with van der Waals surface area (Å²) in [6.07, 6.45) is 5.27. The van der Waals surface area contributed by atoms with Gasteiger partial charge in [-0.05, 0) is 65.9 Å². The molecule has 152 valence electrons. The number of nitrogens with one attached hydrogen (secondary N) is 2. The molecule has 3 N–H and O–H groups in total. The molecule has 0 amide bonds. The summed E-state index contributed by atoms with van der Waals surface area (Å²) in [7, 11) is -3.68. The Morgan fingerprint density at radius 1 is 0.967 bits per heavy atom. The summed E-state index contributed by atoms with van der Waals surface area (Å²) in [4.78, 5) is 0.258. The number of benzene rings is 3. The standard InChI is InChI=1S/C24H22N2O3S/c27-18-11-9-16(10-12-18)24-21-8-4-7-20(21)22-15-19(13-14-23(22)25-24)30(28,29)26-17-5-2-1-3-6-17/h1-7,9-15,20-21,24-27H,8H2. The lowest BCUT2D eigenvalue weighted by atomic mass is 9.77. The minimum absolute atomic E-state index is 0.100. The van der Waals surface area contributed by atoms with Crippen LogP contribution in [0.25, 0.3) is 0 Å². The highest BCUT2D eigenvalue weighted by atomic mass is 32.2. The first kappa shape index (κ1) is 18.8. The third-order valence-electron chi connectivity index (χ3n) is 5.92. The fraction of sp³-hybridized carbons (Fsp3) is 0.167. The molecule has 3 aromatic rings. The van der Waals surface area contributed by atoms with Crippen LogP contribution in [0.1, 0.15) is 29.5 Å². The maximum Gasteiger partial charge on any atom is 0.261 e. The molecular formula is C24H22N2O3S. The van der Waals surface area contributed by atoms with Crippen molar-refractivity contribution in [2.45, 2.75) is 23.3 Å². The second-order valence-corrected chi connectivity index (χ2v) is 9.47. The first-order valence-electron chi connectivity index (χ1n) is 9.95. The second-order valence-electron chi connectivity index (χ2n) is 7.79. The number of hydrogen-bond donors (Lipinski definition) is 3. The number of aromatic hydroxyl groups is 1. The third kappa shape index (κ3) is 3.33. The van der Waals surface area contributed by atoms with E-state index in [0.29, 0.717) is 11.6 Å². The lowest BCUT2D eigenvalue weighted by Crippen LogP contribution is -2.29. The van der Waals surface area contributed by atoms with Crippen LogP contribution in [-0.2, 0) is 10.0 Å². The van der Waals surface area contributed by atoms with Crippen molar-refractivity contribution in [3.05, 3.63) is 96.1 Å². The topological polar surface area (TPSA) is 78.4 Å². The van der Waals surface area contributed by atoms with E-state index >= 15 is 0 Å². The quantitative estimate of drug-likeness (QED) is 0.520. The number of phenolic OH excluding ortho intramolecular Hbond substituents is 1. The first-order valence-corrected chi connectivity index (χ1v) is 11.4. The van der Waals surface area contributed by atoms with Gasteiger partial charge in [0.15, 0.2) is 0 Å². The lowest BCUT2D eigenvalue weighted by molar-refractivity contribution is 0.424. The Morgan fingerprint density at radius 3 is 2.50 bits per heavy atom. The van der Waals surface area contributed by atoms with Crippen molar-refractivity contribution in [1.82, 2.24) is 0 Å². The summed E-state index contributed by atoms with van der Waals surface area (Å²) in [5.74, 6) is 0.686. The average molecular weight is 419 g/mol. The summed E-state index contributed by atoms with van der Waals surface area (Å²) < 4.78 is 28.5. The Labute approximate surface area is 176 Å². The summed E-state index contributed by atoms with van der Waals surface area (Å²) >= 11 is 0. The molecule has 3 aromatic carbocycles. The molecule has 0 saturated carbocycles. The van der Waals surface area contributed by atoms with Crippen LogP contribution in [-0.4, -0.2) is 13.5 Å². The molecule has 0 saturated heterocycles. The van der Waals surface area contributed by atoms with Crippen LogP contribution in [0.2, 0.25) is 0 Å². The normalized spacial score (nSPS) is 22.1. The first-order chi connectivity index (χ1) is 14.5. The van der Waals surface area contributed by atoms with E-state index in [0.717, 1.165) is 23.2 Å². The molecule has 0 spiro atoms. The molecule has 1 aliphatic heterocycles. The molecule has 3 atom stereocenters. The fourth-order valence-corrected chi connectivity index (χ4v) is 5.57. The van der Waals surface area contributed by atoms with Gasteiger partial charge >= 0.3 is 0 Å². The predicted octanol–water partition coefficient (Wildman–Crippen LogP) is 5.02. The van der Waals surface area contributed by atoms with Crippen LogP contribution in [0.5, 0.6) is 5.75 Å². The molecule has 3 unspecified atom stereocenters. The van der Waals surface area contributed by atoms with E-state index in [1.807, 2.05) is 24.3 Å². The van der Waals surface area contributed by atoms with Gasteiger partial charge in [-0.1, -0.05) is 42.5 Å². The summed E-state index contributed by atoms with van der Waals surface area (Å²) in [5.41, 5.74) is 3.60. The van der Waals surface area contributed by atoms with Gasteiger partial charge in [0.1, 0.15) is 5.75 Å². The number of hydrogen-bond acceptors (Lipinski definition) is 4. The van der Waals surface area contributed by atoms with Crippen LogP contribution < -0.4 is 10.0 Å². The Balaban J connectivity index is 1.50. The van der Waals surface area contributed by atoms with Gasteiger partial charge in [0.25, 0.3) is 10.0 Å². The van der Waals surface area contributed by atoms with Gasteiger partial charge in [0, 0.05) is 17.3 Å². The van der Waals surface area contributed by atoms with Crippen LogP contribution in [0.15, 0.2) is 89.8 Å². The zero-order chi connectivity index (χ0) is 20.7. The van der Waals surface area contributed by atoms with E-state index < -0.39 is 10.0 Å². The number of para-hydroxylation sites is 1. The van der Waals surface area contributed by atoms with Crippen molar-refractivity contribution in [1.29, 1.82) is 0 Å². The van der Waals surface area contributed by atoms with Crippen LogP contribution in [0.4, 0.5) is 11.4 Å². The van der Waals surface area contributed by atoms with E-state index in [9.17, 15) is 13.5 Å². The Hall–Kier alpha value is -3.25. The smallest absolute Gasteiger partial charge is 0.261 e. The number of sulfonamides is 1. The number of rotatable bonds is 4. The molecule has 0 radical (unpaired) electrons. The molecule has 2 aliphatic rings. The molecule has 0 bridgehead atoms. The minimum Gasteiger partial charge on any atom is -0.508 e. The summed E-state index contributed by atoms with van der Waals surface area (Å²) in [5, 5.41) is 13.2. The molecule has 5 nitrogen and oxygen atoms in total. The maximum atomic E-state index is 12.9. The molecular weight excluding hydrogens is 396 g/mol. The van der Waals surface area contributed by atoms with E-state index in [4.69, 9.17) is 0 Å². The zero-order valence-electron chi connectivity index (χ0n) is 16.2. The highest BCUT2D eigenvalue weighted by Gasteiger charge is 2.38. The van der Waals surface area contributed by atoms with E-state index in [1.54, 1.807) is 48.5 Å². The SMILES string of the molecule is O=S(=O)(Nc1ccccc1)c1ccc2c(c1)C1C=CCC1C(c1ccc(O)cc1)N2. The van der Waals surface area contributed by atoms with E-state index in [-0.39, 0.29) is 22.6 Å². The molecule has 6 heteroatoms. The van der Waals surface area contributed by atoms with Crippen LogP contribution in [0.3, 0.4) is 0 Å². The monoisotopic (exact) mass is 418 g/mol. The lowest BCUT2D eigenvalue weighted by Gasteiger charge is -2.37. The van der Waals surface area contributed by atoms with Crippen LogP contribution in [0, 0.1) is 5.92 Å². The Bertz CT molecular complexity index is 1200. The van der Waals surface area contributed by atoms with Gasteiger partial charge in [0.2, 0.25) is 0 Å². The zero-order valence-corrected chi connectivity index (χ0v) is 17.0. The molecule has 1 heterocycles. The van der Waals surface area contributed by atoms with Gasteiger partial charge < -0.3 is 10.4 Å². The van der Waals surface area contributed by atoms with Gasteiger partial charge in [0.05, 0.1) is 10.9 Å². The molecule has 30 heavy (non-hydrogen) atoms. The van der Waals surface area contributed by atoms with E-state index in [1.165, 1.54) is 0 Å². The molecule has 1 aliphatic carbocycles. The predicted molar refractivity (Wildman–Crippen MR) is 118 cm³/mol. The number of phenols is 1. The fourth-order valence-electron chi connectivity index (χ4n) is 4.47. The van der Waals surface area contributed by atoms with Crippen LogP contribution >= 0.6 is 0 Å². The Kier molecular flexibility index (Phi) is 4.51. The van der Waals surface area contributed by atoms with Crippen molar-refractivity contribution in [3.63, 3.8) is 0 Å².